The molecule has 0 aliphatic carbocycles. The molecule has 26 N–H and O–H groups in total. The Hall–Kier alpha value is -9.12. The second-order valence-corrected chi connectivity index (χ2v) is 26.2. The number of aliphatic imine (C=N–C) groups is 3. The van der Waals surface area contributed by atoms with Gasteiger partial charge in [-0.05, 0) is 101 Å². The molecule has 33 nitrogen and oxygen atoms in total. The van der Waals surface area contributed by atoms with Crippen molar-refractivity contribution in [2.24, 2.45) is 66.8 Å². The molecule has 4 rings (SSSR count). The molecule has 35 heteroatoms. The van der Waals surface area contributed by atoms with Gasteiger partial charge in [0, 0.05) is 43.1 Å². The summed E-state index contributed by atoms with van der Waals surface area (Å²) in [5.41, 5.74) is 46.9. The number of amides is 11. The number of nitrogens with two attached hydrogens (primary N) is 8. The van der Waals surface area contributed by atoms with Gasteiger partial charge in [-0.3, -0.25) is 67.7 Å². The topological polar surface area (TPSA) is 565 Å². The van der Waals surface area contributed by atoms with Crippen molar-refractivity contribution in [1.82, 2.24) is 52.8 Å². The Kier molecular flexibility index (Phi) is 31.9. The predicted octanol–water partition coefficient (Wildman–Crippen LogP) is -5.01. The van der Waals surface area contributed by atoms with Crippen molar-refractivity contribution in [2.75, 3.05) is 45.0 Å². The fourth-order valence-corrected chi connectivity index (χ4v) is 12.8. The first-order chi connectivity index (χ1) is 44.5. The van der Waals surface area contributed by atoms with Crippen LogP contribution < -0.4 is 93.7 Å². The average molecular weight is 1350 g/mol. The Balaban J connectivity index is 1.77. The molecule has 2 saturated heterocycles. The van der Waals surface area contributed by atoms with Gasteiger partial charge in [0.2, 0.25) is 65.0 Å². The summed E-state index contributed by atoms with van der Waals surface area (Å²) in [6.45, 7) is 5.52. The molecule has 2 heterocycles. The molecule has 11 amide bonds. The van der Waals surface area contributed by atoms with E-state index in [1.165, 1.54) is 17.0 Å². The molecule has 2 unspecified atom stereocenters. The van der Waals surface area contributed by atoms with Gasteiger partial charge in [0.05, 0.1) is 19.1 Å². The molecule has 0 saturated carbocycles. The summed E-state index contributed by atoms with van der Waals surface area (Å²) in [5, 5.41) is 33.4. The van der Waals surface area contributed by atoms with Crippen molar-refractivity contribution < 1.29 is 57.8 Å². The van der Waals surface area contributed by atoms with Gasteiger partial charge in [-0.2, -0.15) is 0 Å². The molecule has 0 bridgehead atoms. The van der Waals surface area contributed by atoms with Gasteiger partial charge in [-0.1, -0.05) is 84.3 Å². The zero-order chi connectivity index (χ0) is 69.7. The van der Waals surface area contributed by atoms with Crippen LogP contribution in [0.5, 0.6) is 5.75 Å². The van der Waals surface area contributed by atoms with Crippen LogP contribution in [0.25, 0.3) is 0 Å². The minimum absolute atomic E-state index is 0.00330. The molecule has 2 aromatic rings. The summed E-state index contributed by atoms with van der Waals surface area (Å²) in [7, 11) is 1.96. The Labute approximate surface area is 553 Å². The lowest BCUT2D eigenvalue weighted by molar-refractivity contribution is -0.143. The Morgan fingerprint density at radius 3 is 1.76 bits per heavy atom. The molecule has 0 radical (unpaired) electrons. The molecule has 2 aliphatic heterocycles. The van der Waals surface area contributed by atoms with Gasteiger partial charge in [0.25, 0.3) is 0 Å². The number of phenolic OH excluding ortho intramolecular Hbond substituents is 1. The van der Waals surface area contributed by atoms with Crippen LogP contribution in [0, 0.1) is 5.92 Å². The van der Waals surface area contributed by atoms with Crippen LogP contribution in [0.1, 0.15) is 96.6 Å². The third kappa shape index (κ3) is 26.5. The van der Waals surface area contributed by atoms with Crippen LogP contribution in [0.2, 0.25) is 0 Å². The van der Waals surface area contributed by atoms with Crippen molar-refractivity contribution >= 4 is 104 Å². The number of carbonyl (C=O) groups is 11. The third-order valence-electron chi connectivity index (χ3n) is 15.3. The number of aromatic hydroxyl groups is 1. The first kappa shape index (κ1) is 77.3. The lowest BCUT2D eigenvalue weighted by Crippen LogP contribution is -2.61. The van der Waals surface area contributed by atoms with Crippen LogP contribution in [-0.4, -0.2) is 197 Å². The van der Waals surface area contributed by atoms with E-state index >= 15 is 0 Å². The van der Waals surface area contributed by atoms with E-state index in [4.69, 9.17) is 45.9 Å². The molecule has 518 valence electrons. The first-order valence-corrected chi connectivity index (χ1v) is 33.1. The number of nitrogens with zero attached hydrogens (tertiary/aromatic N) is 4. The number of carbonyl (C=O) groups excluding carboxylic acids is 11. The number of fused-ring (bicyclic) bond motifs is 1. The van der Waals surface area contributed by atoms with Crippen molar-refractivity contribution in [3.05, 3.63) is 65.7 Å². The van der Waals surface area contributed by atoms with Crippen LogP contribution in [-0.2, 0) is 65.6 Å². The number of rotatable bonds is 27. The molecular weight excluding hydrogens is 1260 g/mol. The summed E-state index contributed by atoms with van der Waals surface area (Å²) in [6.07, 6.45) is 0.825. The van der Waals surface area contributed by atoms with E-state index in [0.29, 0.717) is 24.0 Å². The SMILES string of the molecule is CC[C@H](C)[C@@H]1NC(=O)C(CCCN=C(N)N)NC(=O)C(CCCN=C(N)N)NC(=O)[C@@H](NC(=O)[C@H](Cc2ccccc2)NC(=O)CNC(=O)CNC(=O)[C@@H](N)Cc2ccc(O)cc2)CSSC(C)(C)[C@H](C(N)=O)NC(=O)[C@@H]2CCCN2C(=O)[C@H](CCCN=C(N)N)NC1=O. The fraction of sp³-hybridized carbons (Fsp3) is 0.559. The number of guanidine groups is 3. The van der Waals surface area contributed by atoms with E-state index in [9.17, 15) is 57.8 Å². The molecule has 2 aliphatic rings. The minimum atomic E-state index is -1.59. The van der Waals surface area contributed by atoms with Gasteiger partial charge in [-0.25, -0.2) is 0 Å². The van der Waals surface area contributed by atoms with Crippen molar-refractivity contribution in [3.8, 4) is 5.75 Å². The predicted molar refractivity (Wildman–Crippen MR) is 357 cm³/mol. The molecular formula is C59H93N21O12S2. The number of phenols is 1. The van der Waals surface area contributed by atoms with Crippen molar-refractivity contribution in [1.29, 1.82) is 0 Å². The maximum atomic E-state index is 15.0. The monoisotopic (exact) mass is 1350 g/mol. The van der Waals surface area contributed by atoms with Gasteiger partial charge in [0.1, 0.15) is 54.1 Å². The maximum Gasteiger partial charge on any atom is 0.245 e. The molecule has 2 fully saturated rings. The van der Waals surface area contributed by atoms with E-state index in [2.05, 4.69) is 62.8 Å². The lowest BCUT2D eigenvalue weighted by atomic mass is 9.96. The van der Waals surface area contributed by atoms with Crippen LogP contribution in [0.3, 0.4) is 0 Å². The normalized spacial score (nSPS) is 21.7. The average Bonchev–Trinajstić information content (AvgIpc) is 1.51. The Morgan fingerprint density at radius 1 is 0.660 bits per heavy atom. The highest BCUT2D eigenvalue weighted by Gasteiger charge is 2.44. The summed E-state index contributed by atoms with van der Waals surface area (Å²) in [5.74, 6) is -10.7. The number of hydrogen-bond acceptors (Lipinski definition) is 18. The quantitative estimate of drug-likeness (QED) is 0.0172. The highest BCUT2D eigenvalue weighted by molar-refractivity contribution is 8.77. The van der Waals surface area contributed by atoms with Gasteiger partial charge in [0.15, 0.2) is 17.9 Å². The second kappa shape index (κ2) is 38.8. The van der Waals surface area contributed by atoms with Crippen molar-refractivity contribution in [2.45, 2.75) is 157 Å². The molecule has 0 spiro atoms. The molecule has 94 heavy (non-hydrogen) atoms. The Morgan fingerprint density at radius 2 is 1.19 bits per heavy atom. The van der Waals surface area contributed by atoms with Gasteiger partial charge in [-0.15, -0.1) is 0 Å². The smallest absolute Gasteiger partial charge is 0.245 e. The third-order valence-corrected chi connectivity index (χ3v) is 18.6. The van der Waals surface area contributed by atoms with Gasteiger partial charge < -0.3 is 104 Å². The first-order valence-electron chi connectivity index (χ1n) is 30.8. The minimum Gasteiger partial charge on any atom is -0.508 e. The zero-order valence-corrected chi connectivity index (χ0v) is 55.0. The van der Waals surface area contributed by atoms with E-state index in [1.807, 2.05) is 0 Å². The van der Waals surface area contributed by atoms with E-state index < -0.39 is 143 Å². The fourth-order valence-electron chi connectivity index (χ4n) is 9.98. The maximum absolute atomic E-state index is 15.0. The highest BCUT2D eigenvalue weighted by atomic mass is 33.1. The van der Waals surface area contributed by atoms with E-state index in [0.717, 1.165) is 21.6 Å². The Bertz CT molecular complexity index is 3020. The van der Waals surface area contributed by atoms with Crippen molar-refractivity contribution in [3.63, 3.8) is 0 Å². The number of benzene rings is 2. The standard InChI is InChI=1S/C59H93N21O12S2/c1-5-32(2)45-54(91)76-39(17-11-25-70-58(66)67)55(92)80-26-12-18-42(80)53(90)79-46(47(61)84)59(3,4)94-93-31-41(52(89)75-37(15-9-23-68-56(62)63)49(86)74-38(50(87)78-45)16-10-24-69-57(64)65)77-51(88)40(28-33-13-7-6-8-14-33)73-44(83)30-71-43(82)29-72-48(85)36(60)27-34-19-21-35(81)22-20-34/h6-8,13-14,19-22,32,36-42,45-46,81H,5,9-12,15-18,23-31,60H2,1-4H3,(H2,61,84)(H,71,82)(H,72,85)(H,73,83)(H,74,86)(H,75,89)(H,76,91)(H,77,88)(H,78,87)(H,79,90)(H4,62,63,68)(H4,64,65,69)(H4,66,67,70)/t32-,36-,37?,38?,39-,40-,41-,42-,45-,46-/m0/s1. The number of primary amides is 1. The number of hydrogen-bond donors (Lipinski definition) is 18. The van der Waals surface area contributed by atoms with Crippen LogP contribution >= 0.6 is 21.6 Å². The molecule has 10 atom stereocenters. The summed E-state index contributed by atoms with van der Waals surface area (Å²) in [4.78, 5) is 169. The second-order valence-electron chi connectivity index (χ2n) is 23.2. The number of nitrogens with one attached hydrogen (secondary N) is 9. The lowest BCUT2D eigenvalue weighted by Gasteiger charge is -2.34. The largest absolute Gasteiger partial charge is 0.508 e. The summed E-state index contributed by atoms with van der Waals surface area (Å²) >= 11 is 0. The van der Waals surface area contributed by atoms with Gasteiger partial charge >= 0.3 is 0 Å². The molecule has 2 aromatic carbocycles. The summed E-state index contributed by atoms with van der Waals surface area (Å²) < 4.78 is -1.31. The molecule has 0 aromatic heterocycles. The van der Waals surface area contributed by atoms with Crippen LogP contribution in [0.4, 0.5) is 0 Å². The van der Waals surface area contributed by atoms with E-state index in [1.54, 1.807) is 70.2 Å². The summed E-state index contributed by atoms with van der Waals surface area (Å²) in [6, 6.07) is 2.28. The zero-order valence-electron chi connectivity index (χ0n) is 53.4. The van der Waals surface area contributed by atoms with E-state index in [-0.39, 0.29) is 113 Å². The van der Waals surface area contributed by atoms with Crippen LogP contribution in [0.15, 0.2) is 69.6 Å². The highest BCUT2D eigenvalue weighted by Crippen LogP contribution is 2.39.